The number of aromatic hydroxyl groups is 1. The summed E-state index contributed by atoms with van der Waals surface area (Å²) in [5, 5.41) is 20.1. The molecule has 2 N–H and O–H groups in total. The maximum atomic E-state index is 13.3. The Hall–Kier alpha value is -3.25. The lowest BCUT2D eigenvalue weighted by Crippen LogP contribution is -2.55. The molecule has 6 heteroatoms. The van der Waals surface area contributed by atoms with Crippen LogP contribution in [0.2, 0.25) is 0 Å². The van der Waals surface area contributed by atoms with Crippen molar-refractivity contribution in [3.05, 3.63) is 95.6 Å². The van der Waals surface area contributed by atoms with Gasteiger partial charge in [0.1, 0.15) is 17.4 Å². The van der Waals surface area contributed by atoms with E-state index >= 15 is 0 Å². The number of carbonyl (C=O) groups excluding carboxylic acids is 1. The number of hydrogen-bond acceptors (Lipinski definition) is 3. The van der Waals surface area contributed by atoms with E-state index in [1.807, 2.05) is 13.8 Å². The van der Waals surface area contributed by atoms with Crippen LogP contribution in [0.15, 0.2) is 72.8 Å². The number of phenolic OH excluding ortho intramolecular Hbond substituents is 1. The van der Waals surface area contributed by atoms with E-state index in [9.17, 15) is 23.8 Å². The number of aliphatic hydroxyl groups is 1. The SMILES string of the molecule is CC.O=C1[C@H](CCC(O)c2ccc(F)cc2)C(c2ccc(O)cc2)N1c1ccc(F)cc1. The smallest absolute Gasteiger partial charge is 0.233 e. The molecule has 4 nitrogen and oxygen atoms in total. The molecule has 4 rings (SSSR count). The molecule has 168 valence electrons. The summed E-state index contributed by atoms with van der Waals surface area (Å²) in [6.07, 6.45) is -0.0344. The number of halogens is 2. The average Bonchev–Trinajstić information content (AvgIpc) is 2.81. The van der Waals surface area contributed by atoms with Crippen LogP contribution in [-0.2, 0) is 4.79 Å². The van der Waals surface area contributed by atoms with Crippen LogP contribution < -0.4 is 4.90 Å². The molecule has 3 aromatic rings. The number of hydrogen-bond donors (Lipinski definition) is 2. The van der Waals surface area contributed by atoms with Crippen molar-refractivity contribution < 1.29 is 23.8 Å². The Morgan fingerprint density at radius 1 is 0.875 bits per heavy atom. The number of benzene rings is 3. The highest BCUT2D eigenvalue weighted by Crippen LogP contribution is 2.46. The molecule has 0 aromatic heterocycles. The second kappa shape index (κ2) is 10.4. The summed E-state index contributed by atoms with van der Waals surface area (Å²) >= 11 is 0. The summed E-state index contributed by atoms with van der Waals surface area (Å²) in [6, 6.07) is 17.7. The minimum atomic E-state index is -0.807. The molecule has 0 aliphatic carbocycles. The Kier molecular flexibility index (Phi) is 7.59. The van der Waals surface area contributed by atoms with Crippen LogP contribution in [0, 0.1) is 17.6 Å². The monoisotopic (exact) mass is 439 g/mol. The number of nitrogens with zero attached hydrogens (tertiary/aromatic N) is 1. The standard InChI is InChI=1S/C24H21F2NO3.C2H6/c25-17-5-1-15(2-6-17)22(29)14-13-21-23(16-3-11-20(28)12-4-16)27(24(21)30)19-9-7-18(26)8-10-19;1-2/h1-12,21-23,28-29H,13-14H2;1-2H3/t21-,22?,23?;/m1./s1. The van der Waals surface area contributed by atoms with Gasteiger partial charge in [0.05, 0.1) is 18.1 Å². The van der Waals surface area contributed by atoms with E-state index in [-0.39, 0.29) is 35.3 Å². The van der Waals surface area contributed by atoms with E-state index in [0.29, 0.717) is 24.1 Å². The molecule has 0 spiro atoms. The second-order valence-corrected chi connectivity index (χ2v) is 7.47. The molecule has 2 unspecified atom stereocenters. The number of anilines is 1. The number of amides is 1. The van der Waals surface area contributed by atoms with Crippen LogP contribution in [-0.4, -0.2) is 16.1 Å². The van der Waals surface area contributed by atoms with Crippen LogP contribution in [0.4, 0.5) is 14.5 Å². The number of aliphatic hydroxyl groups excluding tert-OH is 1. The molecule has 1 fully saturated rings. The fraction of sp³-hybridized carbons (Fsp3) is 0.269. The zero-order valence-electron chi connectivity index (χ0n) is 18.1. The van der Waals surface area contributed by atoms with Gasteiger partial charge in [0.25, 0.3) is 0 Å². The molecule has 0 radical (unpaired) electrons. The van der Waals surface area contributed by atoms with Gasteiger partial charge in [-0.15, -0.1) is 0 Å². The number of phenols is 1. The summed E-state index contributed by atoms with van der Waals surface area (Å²) in [7, 11) is 0. The van der Waals surface area contributed by atoms with Crippen molar-refractivity contribution in [2.24, 2.45) is 5.92 Å². The summed E-state index contributed by atoms with van der Waals surface area (Å²) in [5.74, 6) is -1.10. The van der Waals surface area contributed by atoms with E-state index in [4.69, 9.17) is 0 Å². The number of β-lactam (4-membered cyclic amide) rings is 1. The first kappa shape index (κ1) is 23.4. The fourth-order valence-corrected chi connectivity index (χ4v) is 3.96. The van der Waals surface area contributed by atoms with Gasteiger partial charge in [-0.05, 0) is 72.5 Å². The molecule has 1 aliphatic heterocycles. The lowest BCUT2D eigenvalue weighted by molar-refractivity contribution is -0.131. The zero-order chi connectivity index (χ0) is 23.3. The molecule has 1 saturated heterocycles. The highest BCUT2D eigenvalue weighted by atomic mass is 19.1. The Balaban J connectivity index is 0.00000141. The topological polar surface area (TPSA) is 60.8 Å². The van der Waals surface area contributed by atoms with Gasteiger partial charge in [0, 0.05) is 5.69 Å². The summed E-state index contributed by atoms with van der Waals surface area (Å²) in [6.45, 7) is 4.00. The molecule has 32 heavy (non-hydrogen) atoms. The first-order valence-corrected chi connectivity index (χ1v) is 10.7. The normalized spacial score (nSPS) is 18.4. The third kappa shape index (κ3) is 4.97. The summed E-state index contributed by atoms with van der Waals surface area (Å²) in [5.41, 5.74) is 2.03. The molecule has 1 aliphatic rings. The van der Waals surface area contributed by atoms with Gasteiger partial charge >= 0.3 is 0 Å². The van der Waals surface area contributed by atoms with Crippen molar-refractivity contribution in [3.63, 3.8) is 0 Å². The largest absolute Gasteiger partial charge is 0.508 e. The van der Waals surface area contributed by atoms with E-state index in [1.165, 1.54) is 36.4 Å². The van der Waals surface area contributed by atoms with Crippen molar-refractivity contribution in [2.75, 3.05) is 4.90 Å². The van der Waals surface area contributed by atoms with Gasteiger partial charge in [-0.1, -0.05) is 38.1 Å². The molecule has 3 aromatic carbocycles. The highest BCUT2D eigenvalue weighted by Gasteiger charge is 2.48. The predicted octanol–water partition coefficient (Wildman–Crippen LogP) is 5.91. The summed E-state index contributed by atoms with van der Waals surface area (Å²) < 4.78 is 26.4. The Labute approximate surface area is 186 Å². The van der Waals surface area contributed by atoms with Gasteiger partial charge in [-0.3, -0.25) is 4.79 Å². The molecular weight excluding hydrogens is 412 g/mol. The number of rotatable bonds is 6. The molecule has 1 amide bonds. The van der Waals surface area contributed by atoms with E-state index in [0.717, 1.165) is 5.56 Å². The summed E-state index contributed by atoms with van der Waals surface area (Å²) in [4.78, 5) is 14.6. The molecule has 1 heterocycles. The average molecular weight is 440 g/mol. The van der Waals surface area contributed by atoms with Gasteiger partial charge in [-0.2, -0.15) is 0 Å². The van der Waals surface area contributed by atoms with Crippen molar-refractivity contribution in [3.8, 4) is 5.75 Å². The van der Waals surface area contributed by atoms with Gasteiger partial charge in [0.2, 0.25) is 5.91 Å². The van der Waals surface area contributed by atoms with E-state index in [1.54, 1.807) is 41.3 Å². The highest BCUT2D eigenvalue weighted by molar-refractivity contribution is 6.03. The van der Waals surface area contributed by atoms with Crippen molar-refractivity contribution in [1.82, 2.24) is 0 Å². The zero-order valence-corrected chi connectivity index (χ0v) is 18.1. The molecule has 3 atom stereocenters. The Morgan fingerprint density at radius 3 is 1.97 bits per heavy atom. The fourth-order valence-electron chi connectivity index (χ4n) is 3.96. The van der Waals surface area contributed by atoms with Gasteiger partial charge < -0.3 is 15.1 Å². The maximum absolute atomic E-state index is 13.3. The van der Waals surface area contributed by atoms with Crippen molar-refractivity contribution >= 4 is 11.6 Å². The minimum absolute atomic E-state index is 0.106. The van der Waals surface area contributed by atoms with Crippen LogP contribution in [0.25, 0.3) is 0 Å². The maximum Gasteiger partial charge on any atom is 0.233 e. The van der Waals surface area contributed by atoms with E-state index in [2.05, 4.69) is 0 Å². The Morgan fingerprint density at radius 2 is 1.41 bits per heavy atom. The van der Waals surface area contributed by atoms with Crippen molar-refractivity contribution in [1.29, 1.82) is 0 Å². The van der Waals surface area contributed by atoms with Crippen LogP contribution >= 0.6 is 0 Å². The first-order chi connectivity index (χ1) is 15.4. The first-order valence-electron chi connectivity index (χ1n) is 10.7. The van der Waals surface area contributed by atoms with Crippen molar-refractivity contribution in [2.45, 2.75) is 38.8 Å². The minimum Gasteiger partial charge on any atom is -0.508 e. The third-order valence-electron chi connectivity index (χ3n) is 5.56. The van der Waals surface area contributed by atoms with Crippen LogP contribution in [0.3, 0.4) is 0 Å². The Bertz CT molecular complexity index is 1020. The third-order valence-corrected chi connectivity index (χ3v) is 5.56. The second-order valence-electron chi connectivity index (χ2n) is 7.47. The molecule has 0 saturated carbocycles. The van der Waals surface area contributed by atoms with Crippen LogP contribution in [0.5, 0.6) is 5.75 Å². The van der Waals surface area contributed by atoms with Gasteiger partial charge in [0.15, 0.2) is 0 Å². The quantitative estimate of drug-likeness (QED) is 0.469. The lowest BCUT2D eigenvalue weighted by atomic mass is 9.78. The lowest BCUT2D eigenvalue weighted by Gasteiger charge is -2.48. The molecular formula is C26H27F2NO3. The molecule has 0 bridgehead atoms. The van der Waals surface area contributed by atoms with Crippen LogP contribution in [0.1, 0.15) is 50.0 Å². The predicted molar refractivity (Wildman–Crippen MR) is 120 cm³/mol. The van der Waals surface area contributed by atoms with Gasteiger partial charge in [-0.25, -0.2) is 8.78 Å². The van der Waals surface area contributed by atoms with E-state index < -0.39 is 6.10 Å². The number of carbonyl (C=O) groups is 1.